The van der Waals surface area contributed by atoms with Crippen LogP contribution in [0.4, 0.5) is 10.1 Å². The molecule has 3 aromatic rings. The van der Waals surface area contributed by atoms with E-state index in [2.05, 4.69) is 0 Å². The fourth-order valence-electron chi connectivity index (χ4n) is 3.40. The molecular formula is C22H15Cl2FN2O4. The lowest BCUT2D eigenvalue weighted by atomic mass is 9.98. The molecule has 0 aliphatic carbocycles. The van der Waals surface area contributed by atoms with Gasteiger partial charge in [-0.2, -0.15) is 0 Å². The Kier molecular flexibility index (Phi) is 5.80. The van der Waals surface area contributed by atoms with Crippen molar-refractivity contribution in [2.75, 3.05) is 6.54 Å². The number of nitro benzene ring substituents is 1. The summed E-state index contributed by atoms with van der Waals surface area (Å²) in [6, 6.07) is 13.4. The van der Waals surface area contributed by atoms with Gasteiger partial charge in [-0.05, 0) is 47.9 Å². The largest absolute Gasteiger partial charge is 0.454 e. The van der Waals surface area contributed by atoms with Crippen molar-refractivity contribution in [1.29, 1.82) is 0 Å². The zero-order valence-corrected chi connectivity index (χ0v) is 17.5. The van der Waals surface area contributed by atoms with E-state index in [-0.39, 0.29) is 33.2 Å². The average molecular weight is 461 g/mol. The molecule has 9 heteroatoms. The molecule has 0 fully saturated rings. The van der Waals surface area contributed by atoms with E-state index >= 15 is 0 Å². The second kappa shape index (κ2) is 8.53. The summed E-state index contributed by atoms with van der Waals surface area (Å²) in [5.41, 5.74) is 1.98. The van der Waals surface area contributed by atoms with E-state index in [0.29, 0.717) is 30.8 Å². The monoisotopic (exact) mass is 460 g/mol. The molecule has 0 bridgehead atoms. The maximum absolute atomic E-state index is 13.1. The van der Waals surface area contributed by atoms with Gasteiger partial charge in [0.15, 0.2) is 5.75 Å². The van der Waals surface area contributed by atoms with Crippen LogP contribution in [0, 0.1) is 15.9 Å². The summed E-state index contributed by atoms with van der Waals surface area (Å²) in [5.74, 6) is 0.0773. The Morgan fingerprint density at radius 2 is 1.74 bits per heavy atom. The number of fused-ring (bicyclic) bond motifs is 1. The van der Waals surface area contributed by atoms with Gasteiger partial charge >= 0.3 is 0 Å². The van der Waals surface area contributed by atoms with Crippen molar-refractivity contribution in [1.82, 2.24) is 4.90 Å². The van der Waals surface area contributed by atoms with E-state index in [1.54, 1.807) is 35.2 Å². The molecule has 1 amide bonds. The minimum absolute atomic E-state index is 0.0125. The maximum Gasteiger partial charge on any atom is 0.272 e. The van der Waals surface area contributed by atoms with Crippen LogP contribution in [0.25, 0.3) is 0 Å². The molecule has 0 aromatic heterocycles. The van der Waals surface area contributed by atoms with E-state index in [9.17, 15) is 19.3 Å². The molecule has 158 valence electrons. The quantitative estimate of drug-likeness (QED) is 0.344. The SMILES string of the molecule is O=C1c2ccc(Oc3c(Cl)cc([N+](=O)[O-])cc3Cl)cc2CCN1Cc1ccc(F)cc1. The van der Waals surface area contributed by atoms with Crippen molar-refractivity contribution in [3.8, 4) is 11.5 Å². The first-order valence-electron chi connectivity index (χ1n) is 9.30. The molecule has 3 aromatic carbocycles. The first kappa shape index (κ1) is 21.1. The highest BCUT2D eigenvalue weighted by molar-refractivity contribution is 6.37. The first-order chi connectivity index (χ1) is 14.8. The highest BCUT2D eigenvalue weighted by atomic mass is 35.5. The number of carbonyl (C=O) groups excluding carboxylic acids is 1. The summed E-state index contributed by atoms with van der Waals surface area (Å²) >= 11 is 12.2. The Hall–Kier alpha value is -3.16. The van der Waals surface area contributed by atoms with Crippen LogP contribution >= 0.6 is 23.2 Å². The minimum atomic E-state index is -0.594. The van der Waals surface area contributed by atoms with Gasteiger partial charge in [-0.1, -0.05) is 35.3 Å². The predicted molar refractivity (Wildman–Crippen MR) is 114 cm³/mol. The highest BCUT2D eigenvalue weighted by Crippen LogP contribution is 2.40. The Labute approximate surface area is 186 Å². The number of carbonyl (C=O) groups is 1. The number of hydrogen-bond donors (Lipinski definition) is 0. The van der Waals surface area contributed by atoms with Gasteiger partial charge < -0.3 is 9.64 Å². The summed E-state index contributed by atoms with van der Waals surface area (Å²) in [4.78, 5) is 24.9. The van der Waals surface area contributed by atoms with Crippen LogP contribution in [0.5, 0.6) is 11.5 Å². The predicted octanol–water partition coefficient (Wildman–Crippen LogP) is 6.03. The van der Waals surface area contributed by atoms with Crippen molar-refractivity contribution >= 4 is 34.8 Å². The number of non-ortho nitro benzene ring substituents is 1. The number of amides is 1. The lowest BCUT2D eigenvalue weighted by molar-refractivity contribution is -0.384. The number of hydrogen-bond acceptors (Lipinski definition) is 4. The van der Waals surface area contributed by atoms with Crippen molar-refractivity contribution in [3.63, 3.8) is 0 Å². The third-order valence-electron chi connectivity index (χ3n) is 4.95. The Morgan fingerprint density at radius 3 is 2.39 bits per heavy atom. The summed E-state index contributed by atoms with van der Waals surface area (Å²) in [7, 11) is 0. The number of halogens is 3. The third-order valence-corrected chi connectivity index (χ3v) is 5.51. The molecule has 0 saturated carbocycles. The molecule has 0 atom stereocenters. The minimum Gasteiger partial charge on any atom is -0.454 e. The normalized spacial score (nSPS) is 13.1. The highest BCUT2D eigenvalue weighted by Gasteiger charge is 2.25. The van der Waals surface area contributed by atoms with Gasteiger partial charge in [-0.25, -0.2) is 4.39 Å². The van der Waals surface area contributed by atoms with Crippen molar-refractivity contribution in [2.45, 2.75) is 13.0 Å². The standard InChI is InChI=1S/C22H15Cl2FN2O4/c23-19-10-16(27(29)30)11-20(24)21(19)31-17-5-6-18-14(9-17)7-8-26(22(18)28)12-13-1-3-15(25)4-2-13/h1-6,9-11H,7-8,12H2. The molecular weight excluding hydrogens is 446 g/mol. The van der Waals surface area contributed by atoms with Gasteiger partial charge in [0.1, 0.15) is 11.6 Å². The number of nitro groups is 1. The van der Waals surface area contributed by atoms with Crippen LogP contribution in [-0.4, -0.2) is 22.3 Å². The molecule has 0 radical (unpaired) electrons. The maximum atomic E-state index is 13.1. The Morgan fingerprint density at radius 1 is 1.06 bits per heavy atom. The van der Waals surface area contributed by atoms with Crippen LogP contribution in [0.2, 0.25) is 10.0 Å². The Bertz CT molecular complexity index is 1160. The lowest BCUT2D eigenvalue weighted by Gasteiger charge is -2.29. The topological polar surface area (TPSA) is 72.7 Å². The molecule has 0 saturated heterocycles. The molecule has 6 nitrogen and oxygen atoms in total. The van der Waals surface area contributed by atoms with Crippen LogP contribution in [-0.2, 0) is 13.0 Å². The first-order valence-corrected chi connectivity index (χ1v) is 10.1. The van der Waals surface area contributed by atoms with Crippen molar-refractivity contribution in [2.24, 2.45) is 0 Å². The molecule has 1 aliphatic rings. The van der Waals surface area contributed by atoms with E-state index < -0.39 is 4.92 Å². The molecule has 0 spiro atoms. The molecule has 31 heavy (non-hydrogen) atoms. The van der Waals surface area contributed by atoms with Gasteiger partial charge in [-0.15, -0.1) is 0 Å². The number of ether oxygens (including phenoxy) is 1. The van der Waals surface area contributed by atoms with E-state index in [0.717, 1.165) is 23.3 Å². The summed E-state index contributed by atoms with van der Waals surface area (Å²) in [6.45, 7) is 0.899. The summed E-state index contributed by atoms with van der Waals surface area (Å²) < 4.78 is 18.9. The molecule has 1 heterocycles. The van der Waals surface area contributed by atoms with Crippen molar-refractivity contribution in [3.05, 3.63) is 97.3 Å². The summed E-state index contributed by atoms with van der Waals surface area (Å²) in [5, 5.41) is 10.9. The average Bonchev–Trinajstić information content (AvgIpc) is 2.74. The second-order valence-electron chi connectivity index (χ2n) is 7.02. The van der Waals surface area contributed by atoms with Crippen LogP contribution < -0.4 is 4.74 Å². The molecule has 0 N–H and O–H groups in total. The van der Waals surface area contributed by atoms with E-state index in [4.69, 9.17) is 27.9 Å². The van der Waals surface area contributed by atoms with Crippen LogP contribution in [0.15, 0.2) is 54.6 Å². The van der Waals surface area contributed by atoms with Crippen molar-refractivity contribution < 1.29 is 18.8 Å². The number of benzene rings is 3. The van der Waals surface area contributed by atoms with Gasteiger partial charge in [0, 0.05) is 30.8 Å². The van der Waals surface area contributed by atoms with Gasteiger partial charge in [0.2, 0.25) is 0 Å². The van der Waals surface area contributed by atoms with Crippen LogP contribution in [0.3, 0.4) is 0 Å². The Balaban J connectivity index is 1.53. The molecule has 0 unspecified atom stereocenters. The molecule has 4 rings (SSSR count). The van der Waals surface area contributed by atoms with Gasteiger partial charge in [0.25, 0.3) is 11.6 Å². The van der Waals surface area contributed by atoms with Gasteiger partial charge in [0.05, 0.1) is 15.0 Å². The number of rotatable bonds is 5. The number of nitrogens with zero attached hydrogens (tertiary/aromatic N) is 2. The smallest absolute Gasteiger partial charge is 0.272 e. The zero-order valence-electron chi connectivity index (χ0n) is 16.0. The fourth-order valence-corrected chi connectivity index (χ4v) is 3.96. The second-order valence-corrected chi connectivity index (χ2v) is 7.83. The third kappa shape index (κ3) is 4.47. The fraction of sp³-hybridized carbons (Fsp3) is 0.136. The zero-order chi connectivity index (χ0) is 22.1. The summed E-state index contributed by atoms with van der Waals surface area (Å²) in [6.07, 6.45) is 0.612. The van der Waals surface area contributed by atoms with E-state index in [1.165, 1.54) is 12.1 Å². The molecule has 1 aliphatic heterocycles. The van der Waals surface area contributed by atoms with E-state index in [1.807, 2.05) is 0 Å². The van der Waals surface area contributed by atoms with Gasteiger partial charge in [-0.3, -0.25) is 14.9 Å². The lowest BCUT2D eigenvalue weighted by Crippen LogP contribution is -2.37. The van der Waals surface area contributed by atoms with Crippen LogP contribution in [0.1, 0.15) is 21.5 Å².